The molecular formula is C15H32N2O. The minimum Gasteiger partial charge on any atom is -0.394 e. The Morgan fingerprint density at radius 1 is 1.44 bits per heavy atom. The summed E-state index contributed by atoms with van der Waals surface area (Å²) < 4.78 is 0. The first-order chi connectivity index (χ1) is 8.54. The van der Waals surface area contributed by atoms with Crippen molar-refractivity contribution >= 4 is 0 Å². The molecule has 1 aliphatic carbocycles. The van der Waals surface area contributed by atoms with E-state index in [1.54, 1.807) is 0 Å². The Hall–Kier alpha value is -0.120. The van der Waals surface area contributed by atoms with Crippen LogP contribution in [0.5, 0.6) is 0 Å². The zero-order chi connectivity index (χ0) is 13.6. The minimum absolute atomic E-state index is 0.00736. The van der Waals surface area contributed by atoms with Crippen molar-refractivity contribution in [1.82, 2.24) is 10.2 Å². The minimum atomic E-state index is 0.00736. The van der Waals surface area contributed by atoms with Gasteiger partial charge in [0.25, 0.3) is 0 Å². The van der Waals surface area contributed by atoms with Crippen molar-refractivity contribution in [2.75, 3.05) is 33.3 Å². The quantitative estimate of drug-likeness (QED) is 0.698. The molecule has 2 atom stereocenters. The van der Waals surface area contributed by atoms with E-state index in [0.717, 1.165) is 25.4 Å². The molecule has 0 aliphatic heterocycles. The van der Waals surface area contributed by atoms with Crippen LogP contribution >= 0.6 is 0 Å². The van der Waals surface area contributed by atoms with Gasteiger partial charge in [-0.15, -0.1) is 0 Å². The lowest BCUT2D eigenvalue weighted by molar-refractivity contribution is 0.114. The van der Waals surface area contributed by atoms with Crippen molar-refractivity contribution in [2.45, 2.75) is 52.0 Å². The molecule has 0 amide bonds. The first-order valence-electron chi connectivity index (χ1n) is 7.58. The van der Waals surface area contributed by atoms with Crippen LogP contribution in [0.3, 0.4) is 0 Å². The van der Waals surface area contributed by atoms with Crippen molar-refractivity contribution in [3.63, 3.8) is 0 Å². The highest BCUT2D eigenvalue weighted by atomic mass is 16.3. The van der Waals surface area contributed by atoms with Gasteiger partial charge in [-0.2, -0.15) is 0 Å². The molecule has 3 nitrogen and oxygen atoms in total. The van der Waals surface area contributed by atoms with E-state index in [4.69, 9.17) is 0 Å². The van der Waals surface area contributed by atoms with E-state index in [1.807, 2.05) is 0 Å². The number of nitrogens with zero attached hydrogens (tertiary/aromatic N) is 1. The molecule has 1 aliphatic rings. The summed E-state index contributed by atoms with van der Waals surface area (Å²) >= 11 is 0. The highest BCUT2D eigenvalue weighted by Gasteiger charge is 2.41. The monoisotopic (exact) mass is 256 g/mol. The number of aliphatic hydroxyl groups is 1. The maximum Gasteiger partial charge on any atom is 0.0616 e. The van der Waals surface area contributed by atoms with Gasteiger partial charge >= 0.3 is 0 Å². The van der Waals surface area contributed by atoms with E-state index in [0.29, 0.717) is 12.5 Å². The Morgan fingerprint density at radius 2 is 2.17 bits per heavy atom. The summed E-state index contributed by atoms with van der Waals surface area (Å²) in [6, 6.07) is 0. The smallest absolute Gasteiger partial charge is 0.0616 e. The van der Waals surface area contributed by atoms with Crippen molar-refractivity contribution in [2.24, 2.45) is 11.8 Å². The molecule has 1 saturated carbocycles. The van der Waals surface area contributed by atoms with Gasteiger partial charge < -0.3 is 15.3 Å². The molecule has 1 fully saturated rings. The molecule has 108 valence electrons. The fourth-order valence-corrected chi connectivity index (χ4v) is 3.50. The predicted octanol–water partition coefficient (Wildman–Crippen LogP) is 2.10. The van der Waals surface area contributed by atoms with Gasteiger partial charge in [0.2, 0.25) is 0 Å². The maximum absolute atomic E-state index is 9.75. The van der Waals surface area contributed by atoms with E-state index >= 15 is 0 Å². The second kappa shape index (κ2) is 7.46. The van der Waals surface area contributed by atoms with Crippen molar-refractivity contribution in [1.29, 1.82) is 0 Å². The van der Waals surface area contributed by atoms with E-state index in [-0.39, 0.29) is 5.54 Å². The highest BCUT2D eigenvalue weighted by molar-refractivity contribution is 4.98. The molecule has 0 heterocycles. The van der Waals surface area contributed by atoms with E-state index in [2.05, 4.69) is 38.0 Å². The molecule has 1 rings (SSSR count). The largest absolute Gasteiger partial charge is 0.394 e. The van der Waals surface area contributed by atoms with Gasteiger partial charge in [-0.05, 0) is 51.2 Å². The van der Waals surface area contributed by atoms with Crippen LogP contribution in [0.15, 0.2) is 0 Å². The average molecular weight is 256 g/mol. The summed E-state index contributed by atoms with van der Waals surface area (Å²) in [5, 5.41) is 13.3. The topological polar surface area (TPSA) is 35.5 Å². The van der Waals surface area contributed by atoms with E-state index in [1.165, 1.54) is 25.8 Å². The Labute approximate surface area is 113 Å². The fourth-order valence-electron chi connectivity index (χ4n) is 3.50. The SMILES string of the molecule is CCNC1(CO)CCCC1CCN(C)CC(C)C. The Bertz CT molecular complexity index is 233. The highest BCUT2D eigenvalue weighted by Crippen LogP contribution is 2.37. The number of likely N-dealkylation sites (N-methyl/N-ethyl adjacent to an activating group) is 1. The normalized spacial score (nSPS) is 28.5. The molecule has 2 N–H and O–H groups in total. The number of rotatable bonds is 8. The fraction of sp³-hybridized carbons (Fsp3) is 1.00. The van der Waals surface area contributed by atoms with E-state index < -0.39 is 0 Å². The van der Waals surface area contributed by atoms with Crippen LogP contribution in [0.25, 0.3) is 0 Å². The Morgan fingerprint density at radius 3 is 2.72 bits per heavy atom. The number of hydrogen-bond donors (Lipinski definition) is 2. The second-order valence-electron chi connectivity index (χ2n) is 6.38. The molecule has 0 spiro atoms. The standard InChI is InChI=1S/C15H32N2O/c1-5-16-15(12-18)9-6-7-14(15)8-10-17(4)11-13(2)3/h13-14,16,18H,5-12H2,1-4H3. The second-order valence-corrected chi connectivity index (χ2v) is 6.38. The van der Waals surface area contributed by atoms with Crippen LogP contribution < -0.4 is 5.32 Å². The van der Waals surface area contributed by atoms with E-state index in [9.17, 15) is 5.11 Å². The molecule has 3 heteroatoms. The van der Waals surface area contributed by atoms with Gasteiger partial charge in [-0.1, -0.05) is 27.2 Å². The molecular weight excluding hydrogens is 224 g/mol. The molecule has 0 radical (unpaired) electrons. The molecule has 0 aromatic rings. The van der Waals surface area contributed by atoms with Crippen LogP contribution in [0.2, 0.25) is 0 Å². The van der Waals surface area contributed by atoms with Gasteiger partial charge in [0, 0.05) is 12.1 Å². The summed E-state index contributed by atoms with van der Waals surface area (Å²) in [6.07, 6.45) is 4.86. The van der Waals surface area contributed by atoms with Crippen LogP contribution in [-0.2, 0) is 0 Å². The van der Waals surface area contributed by atoms with Crippen LogP contribution in [0.1, 0.15) is 46.5 Å². The summed E-state index contributed by atoms with van der Waals surface area (Å²) in [4.78, 5) is 2.43. The zero-order valence-corrected chi connectivity index (χ0v) is 12.7. The van der Waals surface area contributed by atoms with Crippen LogP contribution in [0, 0.1) is 11.8 Å². The molecule has 0 aromatic carbocycles. The Kier molecular flexibility index (Phi) is 6.61. The zero-order valence-electron chi connectivity index (χ0n) is 12.7. The number of aliphatic hydroxyl groups excluding tert-OH is 1. The third kappa shape index (κ3) is 4.22. The van der Waals surface area contributed by atoms with Gasteiger partial charge in [0.05, 0.1) is 6.61 Å². The van der Waals surface area contributed by atoms with Crippen molar-refractivity contribution < 1.29 is 5.11 Å². The number of hydrogen-bond acceptors (Lipinski definition) is 3. The van der Waals surface area contributed by atoms with Gasteiger partial charge in [-0.3, -0.25) is 0 Å². The van der Waals surface area contributed by atoms with Gasteiger partial charge in [-0.25, -0.2) is 0 Å². The van der Waals surface area contributed by atoms with Crippen LogP contribution in [0.4, 0.5) is 0 Å². The van der Waals surface area contributed by atoms with Crippen molar-refractivity contribution in [3.8, 4) is 0 Å². The first-order valence-corrected chi connectivity index (χ1v) is 7.58. The summed E-state index contributed by atoms with van der Waals surface area (Å²) in [7, 11) is 2.21. The molecule has 0 aromatic heterocycles. The van der Waals surface area contributed by atoms with Crippen LogP contribution in [-0.4, -0.2) is 48.8 Å². The summed E-state index contributed by atoms with van der Waals surface area (Å²) in [5.41, 5.74) is 0.00736. The third-order valence-electron chi connectivity index (χ3n) is 4.30. The lowest BCUT2D eigenvalue weighted by Crippen LogP contribution is -2.51. The first kappa shape index (κ1) is 15.9. The summed E-state index contributed by atoms with van der Waals surface area (Å²) in [6.45, 7) is 10.2. The lowest BCUT2D eigenvalue weighted by Gasteiger charge is -2.35. The van der Waals surface area contributed by atoms with Crippen molar-refractivity contribution in [3.05, 3.63) is 0 Å². The average Bonchev–Trinajstić information content (AvgIpc) is 2.70. The van der Waals surface area contributed by atoms with Gasteiger partial charge in [0.15, 0.2) is 0 Å². The summed E-state index contributed by atoms with van der Waals surface area (Å²) in [5.74, 6) is 1.37. The third-order valence-corrected chi connectivity index (χ3v) is 4.30. The van der Waals surface area contributed by atoms with Gasteiger partial charge in [0.1, 0.15) is 0 Å². The molecule has 18 heavy (non-hydrogen) atoms. The Balaban J connectivity index is 2.44. The predicted molar refractivity (Wildman–Crippen MR) is 77.8 cm³/mol. The molecule has 0 saturated heterocycles. The number of nitrogens with one attached hydrogen (secondary N) is 1. The molecule has 0 bridgehead atoms. The maximum atomic E-state index is 9.75. The lowest BCUT2D eigenvalue weighted by atomic mass is 9.85. The molecule has 2 unspecified atom stereocenters.